The van der Waals surface area contributed by atoms with Gasteiger partial charge >= 0.3 is 6.18 Å². The van der Waals surface area contributed by atoms with Crippen LogP contribution in [0.2, 0.25) is 0 Å². The van der Waals surface area contributed by atoms with Gasteiger partial charge in [0.2, 0.25) is 0 Å². The molecule has 1 aliphatic heterocycles. The summed E-state index contributed by atoms with van der Waals surface area (Å²) >= 11 is 0. The molecule has 0 amide bonds. The van der Waals surface area contributed by atoms with Crippen LogP contribution in [0.15, 0.2) is 15.5 Å². The van der Waals surface area contributed by atoms with Crippen molar-refractivity contribution in [3.63, 3.8) is 0 Å². The summed E-state index contributed by atoms with van der Waals surface area (Å²) in [5.74, 6) is 2.28. The average Bonchev–Trinajstić information content (AvgIpc) is 2.99. The van der Waals surface area contributed by atoms with E-state index in [1.807, 2.05) is 19.9 Å². The molecule has 0 aliphatic carbocycles. The Labute approximate surface area is 133 Å². The lowest BCUT2D eigenvalue weighted by atomic mass is 10.2. The van der Waals surface area contributed by atoms with Crippen LogP contribution in [0.3, 0.4) is 0 Å². The Morgan fingerprint density at radius 2 is 2.17 bits per heavy atom. The number of guanidine groups is 1. The Morgan fingerprint density at radius 3 is 2.74 bits per heavy atom. The molecule has 23 heavy (non-hydrogen) atoms. The van der Waals surface area contributed by atoms with Crippen molar-refractivity contribution in [1.82, 2.24) is 15.5 Å². The number of nitrogens with zero attached hydrogens (tertiary/aromatic N) is 2. The van der Waals surface area contributed by atoms with E-state index in [0.717, 1.165) is 17.1 Å². The van der Waals surface area contributed by atoms with Crippen LogP contribution < -0.4 is 10.6 Å². The third-order valence-electron chi connectivity index (χ3n) is 3.83. The average molecular weight is 332 g/mol. The number of halogens is 3. The second kappa shape index (κ2) is 7.25. The molecule has 2 rings (SSSR count). The van der Waals surface area contributed by atoms with Crippen LogP contribution in [0.4, 0.5) is 13.2 Å². The molecule has 2 heterocycles. The van der Waals surface area contributed by atoms with Crippen molar-refractivity contribution >= 4 is 5.96 Å². The molecule has 0 spiro atoms. The first-order valence-corrected chi connectivity index (χ1v) is 7.59. The van der Waals surface area contributed by atoms with Crippen LogP contribution in [-0.2, 0) is 6.54 Å². The SMILES string of the molecule is CN=C(NCc1cc(C)oc1C)NC1CCN(CC(F)(F)F)C1. The molecule has 130 valence electrons. The summed E-state index contributed by atoms with van der Waals surface area (Å²) in [6.45, 7) is 4.29. The molecule has 0 radical (unpaired) electrons. The van der Waals surface area contributed by atoms with Crippen molar-refractivity contribution in [1.29, 1.82) is 0 Å². The van der Waals surface area contributed by atoms with E-state index in [9.17, 15) is 13.2 Å². The quantitative estimate of drug-likeness (QED) is 0.656. The van der Waals surface area contributed by atoms with Gasteiger partial charge in [0.25, 0.3) is 0 Å². The molecule has 5 nitrogen and oxygen atoms in total. The second-order valence-corrected chi connectivity index (χ2v) is 5.84. The van der Waals surface area contributed by atoms with E-state index < -0.39 is 12.7 Å². The number of aliphatic imine (C=N–C) groups is 1. The van der Waals surface area contributed by atoms with E-state index in [2.05, 4.69) is 15.6 Å². The third kappa shape index (κ3) is 5.46. The zero-order chi connectivity index (χ0) is 17.0. The summed E-state index contributed by atoms with van der Waals surface area (Å²) < 4.78 is 42.7. The van der Waals surface area contributed by atoms with E-state index in [0.29, 0.717) is 32.0 Å². The van der Waals surface area contributed by atoms with Crippen molar-refractivity contribution in [2.24, 2.45) is 4.99 Å². The highest BCUT2D eigenvalue weighted by atomic mass is 19.4. The standard InChI is InChI=1S/C15H23F3N4O/c1-10-6-12(11(2)23-10)7-20-14(19-3)21-13-4-5-22(8-13)9-15(16,17)18/h6,13H,4-5,7-9H2,1-3H3,(H2,19,20,21). The number of rotatable bonds is 4. The lowest BCUT2D eigenvalue weighted by Crippen LogP contribution is -2.44. The number of nitrogens with one attached hydrogen (secondary N) is 2. The number of furan rings is 1. The van der Waals surface area contributed by atoms with Gasteiger partial charge in [-0.1, -0.05) is 0 Å². The lowest BCUT2D eigenvalue weighted by Gasteiger charge is -2.19. The fourth-order valence-corrected chi connectivity index (χ4v) is 2.77. The summed E-state index contributed by atoms with van der Waals surface area (Å²) in [7, 11) is 1.64. The van der Waals surface area contributed by atoms with Crippen molar-refractivity contribution in [2.45, 2.75) is 39.0 Å². The first-order valence-electron chi connectivity index (χ1n) is 7.59. The highest BCUT2D eigenvalue weighted by Crippen LogP contribution is 2.20. The van der Waals surface area contributed by atoms with E-state index in [1.54, 1.807) is 7.05 Å². The number of hydrogen-bond acceptors (Lipinski definition) is 3. The first kappa shape index (κ1) is 17.7. The highest BCUT2D eigenvalue weighted by Gasteiger charge is 2.34. The van der Waals surface area contributed by atoms with E-state index in [1.165, 1.54) is 4.90 Å². The Kier molecular flexibility index (Phi) is 5.56. The smallest absolute Gasteiger partial charge is 0.401 e. The minimum Gasteiger partial charge on any atom is -0.466 e. The molecule has 1 fully saturated rings. The second-order valence-electron chi connectivity index (χ2n) is 5.84. The van der Waals surface area contributed by atoms with Crippen LogP contribution in [0, 0.1) is 13.8 Å². The highest BCUT2D eigenvalue weighted by molar-refractivity contribution is 5.80. The van der Waals surface area contributed by atoms with E-state index in [-0.39, 0.29) is 6.04 Å². The number of alkyl halides is 3. The number of hydrogen-bond donors (Lipinski definition) is 2. The van der Waals surface area contributed by atoms with Gasteiger partial charge in [-0.3, -0.25) is 9.89 Å². The molecule has 0 bridgehead atoms. The molecule has 1 aromatic heterocycles. The fourth-order valence-electron chi connectivity index (χ4n) is 2.77. The summed E-state index contributed by atoms with van der Waals surface area (Å²) in [6.07, 6.45) is -3.48. The molecule has 8 heteroatoms. The van der Waals surface area contributed by atoms with Crippen molar-refractivity contribution < 1.29 is 17.6 Å². The molecule has 0 aromatic carbocycles. The topological polar surface area (TPSA) is 52.8 Å². The van der Waals surface area contributed by atoms with Gasteiger partial charge in [-0.2, -0.15) is 13.2 Å². The molecule has 2 N–H and O–H groups in total. The predicted molar refractivity (Wildman–Crippen MR) is 82.4 cm³/mol. The minimum absolute atomic E-state index is 0.0317. The van der Waals surface area contributed by atoms with Crippen LogP contribution in [-0.4, -0.2) is 49.8 Å². The largest absolute Gasteiger partial charge is 0.466 e. The van der Waals surface area contributed by atoms with Crippen LogP contribution in [0.5, 0.6) is 0 Å². The molecular formula is C15H23F3N4O. The molecule has 1 aliphatic rings. The normalized spacial score (nSPS) is 20.1. The van der Waals surface area contributed by atoms with Crippen molar-refractivity contribution in [3.8, 4) is 0 Å². The molecular weight excluding hydrogens is 309 g/mol. The summed E-state index contributed by atoms with van der Waals surface area (Å²) in [5.41, 5.74) is 1.04. The van der Waals surface area contributed by atoms with Gasteiger partial charge in [0, 0.05) is 38.3 Å². The fraction of sp³-hybridized carbons (Fsp3) is 0.667. The van der Waals surface area contributed by atoms with Gasteiger partial charge in [0.05, 0.1) is 6.54 Å². The predicted octanol–water partition coefficient (Wildman–Crippen LogP) is 2.20. The molecule has 1 unspecified atom stereocenters. The number of likely N-dealkylation sites (tertiary alicyclic amines) is 1. The Bertz CT molecular complexity index is 553. The van der Waals surface area contributed by atoms with Crippen LogP contribution in [0.1, 0.15) is 23.5 Å². The lowest BCUT2D eigenvalue weighted by molar-refractivity contribution is -0.143. The molecule has 1 aromatic rings. The Morgan fingerprint density at radius 1 is 1.43 bits per heavy atom. The van der Waals surface area contributed by atoms with Gasteiger partial charge in [0.15, 0.2) is 5.96 Å². The maximum Gasteiger partial charge on any atom is 0.401 e. The minimum atomic E-state index is -4.15. The third-order valence-corrected chi connectivity index (χ3v) is 3.83. The van der Waals surface area contributed by atoms with Gasteiger partial charge in [-0.25, -0.2) is 0 Å². The maximum absolute atomic E-state index is 12.4. The Balaban J connectivity index is 1.80. The van der Waals surface area contributed by atoms with E-state index >= 15 is 0 Å². The van der Waals surface area contributed by atoms with Gasteiger partial charge in [-0.05, 0) is 26.3 Å². The Hall–Kier alpha value is -1.70. The molecule has 1 saturated heterocycles. The van der Waals surface area contributed by atoms with Crippen LogP contribution in [0.25, 0.3) is 0 Å². The monoisotopic (exact) mass is 332 g/mol. The molecule has 0 saturated carbocycles. The van der Waals surface area contributed by atoms with Crippen molar-refractivity contribution in [3.05, 3.63) is 23.2 Å². The van der Waals surface area contributed by atoms with Crippen molar-refractivity contribution in [2.75, 3.05) is 26.7 Å². The summed E-state index contributed by atoms with van der Waals surface area (Å²) in [6, 6.07) is 1.92. The maximum atomic E-state index is 12.4. The zero-order valence-electron chi connectivity index (χ0n) is 13.6. The first-order chi connectivity index (χ1) is 10.8. The summed E-state index contributed by atoms with van der Waals surface area (Å²) in [5, 5.41) is 6.35. The van der Waals surface area contributed by atoms with E-state index in [4.69, 9.17) is 4.42 Å². The number of aryl methyl sites for hydroxylation is 2. The van der Waals surface area contributed by atoms with Gasteiger partial charge in [-0.15, -0.1) is 0 Å². The van der Waals surface area contributed by atoms with Gasteiger partial charge < -0.3 is 15.1 Å². The molecule has 1 atom stereocenters. The summed E-state index contributed by atoms with van der Waals surface area (Å²) in [4.78, 5) is 5.54. The van der Waals surface area contributed by atoms with Gasteiger partial charge in [0.1, 0.15) is 11.5 Å². The zero-order valence-corrected chi connectivity index (χ0v) is 13.6. The van der Waals surface area contributed by atoms with Crippen LogP contribution >= 0.6 is 0 Å².